The lowest BCUT2D eigenvalue weighted by molar-refractivity contribution is 0.241. The van der Waals surface area contributed by atoms with Gasteiger partial charge < -0.3 is 15.1 Å². The molecule has 3 nitrogen and oxygen atoms in total. The standard InChI is InChI=1S/C14H22ClN3/c1-11-13(15)5-4-6-14(11)18(3)10-12-9-17(2)8-7-16-12/h4-6,12,16H,7-10H2,1-3H3. The van der Waals surface area contributed by atoms with Crippen molar-refractivity contribution in [1.29, 1.82) is 0 Å². The smallest absolute Gasteiger partial charge is 0.0455 e. The van der Waals surface area contributed by atoms with Gasteiger partial charge in [-0.25, -0.2) is 0 Å². The number of piperazine rings is 1. The molecule has 18 heavy (non-hydrogen) atoms. The molecule has 1 N–H and O–H groups in total. The Morgan fingerprint density at radius 2 is 2.28 bits per heavy atom. The van der Waals surface area contributed by atoms with E-state index in [0.717, 1.165) is 36.8 Å². The first-order chi connectivity index (χ1) is 8.58. The SMILES string of the molecule is Cc1c(Cl)cccc1N(C)CC1CN(C)CCN1. The zero-order chi connectivity index (χ0) is 13.1. The number of benzene rings is 1. The molecule has 0 saturated carbocycles. The van der Waals surface area contributed by atoms with E-state index in [9.17, 15) is 0 Å². The molecule has 4 heteroatoms. The lowest BCUT2D eigenvalue weighted by Gasteiger charge is -2.34. The Kier molecular flexibility index (Phi) is 4.49. The Morgan fingerprint density at radius 3 is 3.00 bits per heavy atom. The molecule has 1 aromatic carbocycles. The van der Waals surface area contributed by atoms with Crippen LogP contribution in [0.2, 0.25) is 5.02 Å². The summed E-state index contributed by atoms with van der Waals surface area (Å²) >= 11 is 6.17. The first-order valence-corrected chi connectivity index (χ1v) is 6.84. The average molecular weight is 268 g/mol. The summed E-state index contributed by atoms with van der Waals surface area (Å²) in [6.07, 6.45) is 0. The number of hydrogen-bond acceptors (Lipinski definition) is 3. The van der Waals surface area contributed by atoms with Crippen LogP contribution in [0.5, 0.6) is 0 Å². The van der Waals surface area contributed by atoms with Crippen molar-refractivity contribution < 1.29 is 0 Å². The number of nitrogens with one attached hydrogen (secondary N) is 1. The summed E-state index contributed by atoms with van der Waals surface area (Å²) in [5.74, 6) is 0. The van der Waals surface area contributed by atoms with Crippen LogP contribution >= 0.6 is 11.6 Å². The minimum absolute atomic E-state index is 0.520. The Balaban J connectivity index is 2.02. The van der Waals surface area contributed by atoms with Gasteiger partial charge in [0.15, 0.2) is 0 Å². The molecule has 0 aliphatic carbocycles. The highest BCUT2D eigenvalue weighted by molar-refractivity contribution is 6.31. The molecule has 0 spiro atoms. The number of rotatable bonds is 3. The van der Waals surface area contributed by atoms with Gasteiger partial charge in [-0.15, -0.1) is 0 Å². The van der Waals surface area contributed by atoms with Crippen LogP contribution < -0.4 is 10.2 Å². The molecule has 0 radical (unpaired) electrons. The van der Waals surface area contributed by atoms with Gasteiger partial charge in [0.25, 0.3) is 0 Å². The molecule has 0 bridgehead atoms. The van der Waals surface area contributed by atoms with E-state index in [1.54, 1.807) is 0 Å². The van der Waals surface area contributed by atoms with Crippen LogP contribution in [0.25, 0.3) is 0 Å². The maximum atomic E-state index is 6.17. The van der Waals surface area contributed by atoms with Gasteiger partial charge in [-0.2, -0.15) is 0 Å². The molecular formula is C14H22ClN3. The predicted molar refractivity (Wildman–Crippen MR) is 78.7 cm³/mol. The maximum absolute atomic E-state index is 6.17. The Hall–Kier alpha value is -0.770. The van der Waals surface area contributed by atoms with Gasteiger partial charge in [-0.1, -0.05) is 17.7 Å². The highest BCUT2D eigenvalue weighted by Crippen LogP contribution is 2.25. The maximum Gasteiger partial charge on any atom is 0.0455 e. The minimum Gasteiger partial charge on any atom is -0.373 e. The molecule has 1 aliphatic rings. The number of anilines is 1. The second-order valence-corrected chi connectivity index (χ2v) is 5.58. The highest BCUT2D eigenvalue weighted by atomic mass is 35.5. The molecule has 2 rings (SSSR count). The third-order valence-electron chi connectivity index (χ3n) is 3.60. The molecule has 100 valence electrons. The van der Waals surface area contributed by atoms with E-state index in [-0.39, 0.29) is 0 Å². The first-order valence-electron chi connectivity index (χ1n) is 6.46. The molecule has 1 unspecified atom stereocenters. The van der Waals surface area contributed by atoms with Crippen LogP contribution in [0.15, 0.2) is 18.2 Å². The van der Waals surface area contributed by atoms with E-state index in [1.165, 1.54) is 5.69 Å². The highest BCUT2D eigenvalue weighted by Gasteiger charge is 2.18. The third kappa shape index (κ3) is 3.16. The fraction of sp³-hybridized carbons (Fsp3) is 0.571. The summed E-state index contributed by atoms with van der Waals surface area (Å²) in [6, 6.07) is 6.61. The van der Waals surface area contributed by atoms with Gasteiger partial charge in [-0.3, -0.25) is 0 Å². The number of likely N-dealkylation sites (N-methyl/N-ethyl adjacent to an activating group) is 2. The van der Waals surface area contributed by atoms with Crippen molar-refractivity contribution in [1.82, 2.24) is 10.2 Å². The molecule has 1 fully saturated rings. The largest absolute Gasteiger partial charge is 0.373 e. The molecular weight excluding hydrogens is 246 g/mol. The van der Waals surface area contributed by atoms with Gasteiger partial charge in [0.05, 0.1) is 0 Å². The molecule has 1 saturated heterocycles. The van der Waals surface area contributed by atoms with Crippen LogP contribution in [0.3, 0.4) is 0 Å². The minimum atomic E-state index is 0.520. The van der Waals surface area contributed by atoms with Crippen LogP contribution in [0.1, 0.15) is 5.56 Å². The normalized spacial score (nSPS) is 21.0. The van der Waals surface area contributed by atoms with Crippen molar-refractivity contribution in [3.05, 3.63) is 28.8 Å². The zero-order valence-electron chi connectivity index (χ0n) is 11.4. The van der Waals surface area contributed by atoms with Crippen molar-refractivity contribution in [3.63, 3.8) is 0 Å². The Bertz CT molecular complexity index is 408. The quantitative estimate of drug-likeness (QED) is 0.904. The van der Waals surface area contributed by atoms with Gasteiger partial charge in [0, 0.05) is 50.0 Å². The molecule has 1 aliphatic heterocycles. The van der Waals surface area contributed by atoms with E-state index in [4.69, 9.17) is 11.6 Å². The van der Waals surface area contributed by atoms with E-state index >= 15 is 0 Å². The first kappa shape index (κ1) is 13.7. The topological polar surface area (TPSA) is 18.5 Å². The number of nitrogens with zero attached hydrogens (tertiary/aromatic N) is 2. The van der Waals surface area contributed by atoms with Crippen molar-refractivity contribution >= 4 is 17.3 Å². The lowest BCUT2D eigenvalue weighted by atomic mass is 10.1. The third-order valence-corrected chi connectivity index (χ3v) is 4.01. The molecule has 1 aromatic rings. The fourth-order valence-corrected chi connectivity index (χ4v) is 2.72. The summed E-state index contributed by atoms with van der Waals surface area (Å²) in [7, 11) is 4.31. The Morgan fingerprint density at radius 1 is 1.50 bits per heavy atom. The van der Waals surface area contributed by atoms with Crippen molar-refractivity contribution in [2.45, 2.75) is 13.0 Å². The van der Waals surface area contributed by atoms with E-state index in [2.05, 4.69) is 42.2 Å². The van der Waals surface area contributed by atoms with Crippen molar-refractivity contribution in [2.24, 2.45) is 0 Å². The van der Waals surface area contributed by atoms with Gasteiger partial charge in [0.2, 0.25) is 0 Å². The van der Waals surface area contributed by atoms with E-state index in [1.807, 2.05) is 12.1 Å². The summed E-state index contributed by atoms with van der Waals surface area (Å²) < 4.78 is 0. The van der Waals surface area contributed by atoms with Crippen LogP contribution in [0, 0.1) is 6.92 Å². The van der Waals surface area contributed by atoms with Crippen LogP contribution in [-0.4, -0.2) is 51.2 Å². The van der Waals surface area contributed by atoms with Gasteiger partial charge in [0.1, 0.15) is 0 Å². The number of halogens is 1. The molecule has 1 heterocycles. The van der Waals surface area contributed by atoms with E-state index < -0.39 is 0 Å². The molecule has 0 aromatic heterocycles. The number of hydrogen-bond donors (Lipinski definition) is 1. The van der Waals surface area contributed by atoms with Crippen molar-refractivity contribution in [3.8, 4) is 0 Å². The van der Waals surface area contributed by atoms with Crippen LogP contribution in [0.4, 0.5) is 5.69 Å². The monoisotopic (exact) mass is 267 g/mol. The summed E-state index contributed by atoms with van der Waals surface area (Å²) in [5, 5.41) is 4.41. The average Bonchev–Trinajstić information content (AvgIpc) is 2.32. The second-order valence-electron chi connectivity index (χ2n) is 5.18. The Labute approximate surface area is 115 Å². The summed E-state index contributed by atoms with van der Waals surface area (Å²) in [4.78, 5) is 4.66. The molecule has 0 amide bonds. The van der Waals surface area contributed by atoms with Crippen LogP contribution in [-0.2, 0) is 0 Å². The summed E-state index contributed by atoms with van der Waals surface area (Å²) in [6.45, 7) is 6.39. The van der Waals surface area contributed by atoms with Crippen molar-refractivity contribution in [2.75, 3.05) is 45.2 Å². The second kappa shape index (κ2) is 5.91. The van der Waals surface area contributed by atoms with Gasteiger partial charge >= 0.3 is 0 Å². The predicted octanol–water partition coefficient (Wildman–Crippen LogP) is 1.99. The molecule has 1 atom stereocenters. The van der Waals surface area contributed by atoms with Gasteiger partial charge in [-0.05, 0) is 31.7 Å². The zero-order valence-corrected chi connectivity index (χ0v) is 12.2. The summed E-state index contributed by atoms with van der Waals surface area (Å²) in [5.41, 5.74) is 2.38. The van der Waals surface area contributed by atoms with E-state index in [0.29, 0.717) is 6.04 Å². The fourth-order valence-electron chi connectivity index (χ4n) is 2.55. The lowest BCUT2D eigenvalue weighted by Crippen LogP contribution is -2.53.